The molecule has 1 aromatic rings. The van der Waals surface area contributed by atoms with Crippen LogP contribution in [-0.4, -0.2) is 67.5 Å². The Morgan fingerprint density at radius 3 is 2.46 bits per heavy atom. The summed E-state index contributed by atoms with van der Waals surface area (Å²) in [6, 6.07) is 5.73. The number of nitrogens with zero attached hydrogens (tertiary/aromatic N) is 3. The van der Waals surface area contributed by atoms with Gasteiger partial charge in [0, 0.05) is 32.4 Å². The number of nitrogens with one attached hydrogen (secondary N) is 1. The molecule has 0 atom stereocenters. The van der Waals surface area contributed by atoms with Crippen LogP contribution in [-0.2, 0) is 4.79 Å². The van der Waals surface area contributed by atoms with Crippen LogP contribution in [0, 0.1) is 0 Å². The summed E-state index contributed by atoms with van der Waals surface area (Å²) in [5.41, 5.74) is 4.92. The summed E-state index contributed by atoms with van der Waals surface area (Å²) in [7, 11) is 0. The molecule has 0 unspecified atom stereocenters. The van der Waals surface area contributed by atoms with Crippen LogP contribution in [0.2, 0.25) is 0 Å². The SMILES string of the molecule is Cl.Cl.NCC(F)(F)CNC(=O)CN1CCN(c2ccccn2)CC1. The molecule has 0 aromatic carbocycles. The molecule has 2 heterocycles. The Bertz CT molecular complexity index is 487. The monoisotopic (exact) mass is 385 g/mol. The Labute approximate surface area is 152 Å². The lowest BCUT2D eigenvalue weighted by molar-refractivity contribution is -0.124. The average Bonchev–Trinajstić information content (AvgIpc) is 2.55. The van der Waals surface area contributed by atoms with Gasteiger partial charge in [0.25, 0.3) is 5.92 Å². The summed E-state index contributed by atoms with van der Waals surface area (Å²) >= 11 is 0. The van der Waals surface area contributed by atoms with Crippen LogP contribution in [0.1, 0.15) is 0 Å². The number of nitrogens with two attached hydrogens (primary N) is 1. The van der Waals surface area contributed by atoms with Gasteiger partial charge in [0.2, 0.25) is 5.91 Å². The number of hydrogen-bond donors (Lipinski definition) is 2. The largest absolute Gasteiger partial charge is 0.354 e. The molecule has 1 aliphatic heterocycles. The third-order valence-electron chi connectivity index (χ3n) is 3.56. The van der Waals surface area contributed by atoms with Gasteiger partial charge in [0.05, 0.1) is 19.6 Å². The highest BCUT2D eigenvalue weighted by Gasteiger charge is 2.27. The van der Waals surface area contributed by atoms with Gasteiger partial charge in [-0.05, 0) is 12.1 Å². The summed E-state index contributed by atoms with van der Waals surface area (Å²) in [6.07, 6.45) is 1.74. The Kier molecular flexibility index (Phi) is 10.1. The number of piperazine rings is 1. The van der Waals surface area contributed by atoms with E-state index in [1.54, 1.807) is 6.20 Å². The van der Waals surface area contributed by atoms with Crippen molar-refractivity contribution in [2.24, 2.45) is 5.73 Å². The van der Waals surface area contributed by atoms with Gasteiger partial charge in [-0.25, -0.2) is 13.8 Å². The van der Waals surface area contributed by atoms with Gasteiger partial charge in [-0.2, -0.15) is 0 Å². The molecule has 1 saturated heterocycles. The first-order valence-electron chi connectivity index (χ1n) is 7.23. The molecular weight excluding hydrogens is 363 g/mol. The predicted octanol–water partition coefficient (Wildman–Crippen LogP) is 0.757. The molecule has 1 aliphatic rings. The lowest BCUT2D eigenvalue weighted by Crippen LogP contribution is -2.51. The maximum atomic E-state index is 13.0. The maximum Gasteiger partial charge on any atom is 0.277 e. The van der Waals surface area contributed by atoms with E-state index in [0.29, 0.717) is 13.1 Å². The van der Waals surface area contributed by atoms with E-state index in [4.69, 9.17) is 5.73 Å². The van der Waals surface area contributed by atoms with E-state index in [9.17, 15) is 13.6 Å². The fourth-order valence-corrected chi connectivity index (χ4v) is 2.23. The first kappa shape index (κ1) is 22.8. The van der Waals surface area contributed by atoms with Crippen molar-refractivity contribution in [2.75, 3.05) is 50.7 Å². The van der Waals surface area contributed by atoms with Crippen LogP contribution < -0.4 is 16.0 Å². The number of amides is 1. The van der Waals surface area contributed by atoms with Crippen LogP contribution in [0.4, 0.5) is 14.6 Å². The van der Waals surface area contributed by atoms with Gasteiger partial charge < -0.3 is 16.0 Å². The van der Waals surface area contributed by atoms with E-state index in [0.717, 1.165) is 18.9 Å². The van der Waals surface area contributed by atoms with Crippen molar-refractivity contribution in [2.45, 2.75) is 5.92 Å². The van der Waals surface area contributed by atoms with Gasteiger partial charge in [0.1, 0.15) is 5.82 Å². The highest BCUT2D eigenvalue weighted by atomic mass is 35.5. The molecule has 0 radical (unpaired) electrons. The second-order valence-electron chi connectivity index (χ2n) is 5.29. The zero-order valence-corrected chi connectivity index (χ0v) is 14.8. The van der Waals surface area contributed by atoms with E-state index in [1.807, 2.05) is 23.1 Å². The van der Waals surface area contributed by atoms with Crippen molar-refractivity contribution in [3.05, 3.63) is 24.4 Å². The van der Waals surface area contributed by atoms with E-state index in [1.165, 1.54) is 0 Å². The molecule has 0 bridgehead atoms. The Morgan fingerprint density at radius 1 is 1.25 bits per heavy atom. The smallest absolute Gasteiger partial charge is 0.277 e. The van der Waals surface area contributed by atoms with Crippen molar-refractivity contribution < 1.29 is 13.6 Å². The first-order chi connectivity index (χ1) is 10.5. The van der Waals surface area contributed by atoms with Crippen LogP contribution in [0.5, 0.6) is 0 Å². The number of carbonyl (C=O) groups is 1. The number of carbonyl (C=O) groups excluding carboxylic acids is 1. The zero-order chi connectivity index (χ0) is 16.0. The number of pyridine rings is 1. The molecule has 24 heavy (non-hydrogen) atoms. The highest BCUT2D eigenvalue weighted by Crippen LogP contribution is 2.12. The predicted molar refractivity (Wildman–Crippen MR) is 94.4 cm³/mol. The summed E-state index contributed by atoms with van der Waals surface area (Å²) < 4.78 is 25.9. The van der Waals surface area contributed by atoms with E-state index in [-0.39, 0.29) is 31.4 Å². The summed E-state index contributed by atoms with van der Waals surface area (Å²) in [5.74, 6) is -2.54. The third-order valence-corrected chi connectivity index (χ3v) is 3.56. The topological polar surface area (TPSA) is 74.5 Å². The molecule has 1 fully saturated rings. The number of hydrogen-bond acceptors (Lipinski definition) is 5. The Hall–Kier alpha value is -1.22. The lowest BCUT2D eigenvalue weighted by atomic mass is 10.3. The molecule has 2 rings (SSSR count). The Balaban J connectivity index is 0.00000264. The molecule has 0 aliphatic carbocycles. The van der Waals surface area contributed by atoms with Crippen LogP contribution in [0.15, 0.2) is 24.4 Å². The average molecular weight is 386 g/mol. The molecule has 138 valence electrons. The van der Waals surface area contributed by atoms with Crippen LogP contribution in [0.25, 0.3) is 0 Å². The number of aromatic nitrogens is 1. The third kappa shape index (κ3) is 7.12. The molecule has 10 heteroatoms. The first-order valence-corrected chi connectivity index (χ1v) is 7.23. The highest BCUT2D eigenvalue weighted by molar-refractivity contribution is 5.85. The van der Waals surface area contributed by atoms with Gasteiger partial charge in [-0.15, -0.1) is 24.8 Å². The Morgan fingerprint density at radius 2 is 1.92 bits per heavy atom. The molecular formula is C14H23Cl2F2N5O. The molecule has 1 amide bonds. The summed E-state index contributed by atoms with van der Waals surface area (Å²) in [4.78, 5) is 20.0. The summed E-state index contributed by atoms with van der Waals surface area (Å²) in [6.45, 7) is 1.53. The molecule has 6 nitrogen and oxygen atoms in total. The minimum atomic E-state index is -3.05. The van der Waals surface area contributed by atoms with Crippen molar-refractivity contribution in [1.29, 1.82) is 0 Å². The van der Waals surface area contributed by atoms with Crippen molar-refractivity contribution in [1.82, 2.24) is 15.2 Å². The minimum Gasteiger partial charge on any atom is -0.354 e. The standard InChI is InChI=1S/C14H21F2N5O.2ClH/c15-14(16,10-17)11-19-13(22)9-20-5-7-21(8-6-20)12-3-1-2-4-18-12;;/h1-4H,5-11,17H2,(H,19,22);2*1H. The molecule has 3 N–H and O–H groups in total. The quantitative estimate of drug-likeness (QED) is 0.755. The summed E-state index contributed by atoms with van der Waals surface area (Å²) in [5, 5.41) is 2.23. The zero-order valence-electron chi connectivity index (χ0n) is 13.2. The number of anilines is 1. The van der Waals surface area contributed by atoms with Gasteiger partial charge in [-0.1, -0.05) is 6.07 Å². The number of rotatable bonds is 6. The van der Waals surface area contributed by atoms with Gasteiger partial charge >= 0.3 is 0 Å². The van der Waals surface area contributed by atoms with Crippen molar-refractivity contribution >= 4 is 36.5 Å². The molecule has 0 saturated carbocycles. The van der Waals surface area contributed by atoms with Gasteiger partial charge in [0.15, 0.2) is 0 Å². The lowest BCUT2D eigenvalue weighted by Gasteiger charge is -2.35. The van der Waals surface area contributed by atoms with E-state index < -0.39 is 24.9 Å². The van der Waals surface area contributed by atoms with Crippen molar-refractivity contribution in [3.63, 3.8) is 0 Å². The van der Waals surface area contributed by atoms with Crippen LogP contribution >= 0.6 is 24.8 Å². The molecule has 0 spiro atoms. The molecule has 1 aromatic heterocycles. The normalized spacial score (nSPS) is 15.2. The number of alkyl halides is 2. The second kappa shape index (κ2) is 10.6. The second-order valence-corrected chi connectivity index (χ2v) is 5.29. The van der Waals surface area contributed by atoms with Gasteiger partial charge in [-0.3, -0.25) is 9.69 Å². The van der Waals surface area contributed by atoms with E-state index >= 15 is 0 Å². The fraction of sp³-hybridized carbons (Fsp3) is 0.571. The van der Waals surface area contributed by atoms with E-state index in [2.05, 4.69) is 15.2 Å². The number of halogens is 4. The minimum absolute atomic E-state index is 0. The maximum absolute atomic E-state index is 13.0. The fourth-order valence-electron chi connectivity index (χ4n) is 2.23. The van der Waals surface area contributed by atoms with Crippen molar-refractivity contribution in [3.8, 4) is 0 Å². The van der Waals surface area contributed by atoms with Crippen LogP contribution in [0.3, 0.4) is 0 Å².